The smallest absolute Gasteiger partial charge is 0.235 e. The molecule has 1 aromatic rings. The molecular formula is C17H25NO3S. The Morgan fingerprint density at radius 1 is 1.32 bits per heavy atom. The fourth-order valence-corrected chi connectivity index (χ4v) is 3.77. The van der Waals surface area contributed by atoms with Gasteiger partial charge in [-0.2, -0.15) is 0 Å². The van der Waals surface area contributed by atoms with Crippen LogP contribution < -0.4 is 9.47 Å². The molecule has 4 nitrogen and oxygen atoms in total. The highest BCUT2D eigenvalue weighted by molar-refractivity contribution is 8.00. The molecule has 5 heteroatoms. The molecule has 1 aliphatic rings. The van der Waals surface area contributed by atoms with Crippen molar-refractivity contribution in [2.24, 2.45) is 5.92 Å². The average molecular weight is 323 g/mol. The normalized spacial score (nSPS) is 19.6. The molecule has 1 heterocycles. The molecule has 0 aromatic heterocycles. The van der Waals surface area contributed by atoms with E-state index in [1.165, 1.54) is 6.42 Å². The molecule has 0 radical (unpaired) electrons. The molecule has 0 saturated carbocycles. The molecule has 1 saturated heterocycles. The second kappa shape index (κ2) is 7.77. The predicted octanol–water partition coefficient (Wildman–Crippen LogP) is 3.44. The van der Waals surface area contributed by atoms with Gasteiger partial charge in [-0.3, -0.25) is 4.79 Å². The van der Waals surface area contributed by atoms with Crippen LogP contribution in [0.5, 0.6) is 11.5 Å². The van der Waals surface area contributed by atoms with Crippen molar-refractivity contribution in [3.8, 4) is 11.5 Å². The van der Waals surface area contributed by atoms with Gasteiger partial charge in [0.15, 0.2) is 11.5 Å². The van der Waals surface area contributed by atoms with Gasteiger partial charge in [-0.15, -0.1) is 11.8 Å². The first kappa shape index (κ1) is 17.0. The number of ether oxygens (including phenoxy) is 2. The maximum absolute atomic E-state index is 12.6. The Balaban J connectivity index is 2.01. The first-order valence-corrected chi connectivity index (χ1v) is 8.60. The molecule has 2 atom stereocenters. The molecule has 122 valence electrons. The van der Waals surface area contributed by atoms with Crippen molar-refractivity contribution in [1.29, 1.82) is 0 Å². The Labute approximate surface area is 137 Å². The quantitative estimate of drug-likeness (QED) is 0.778. The number of likely N-dealkylation sites (tertiary alicyclic amines) is 1. The summed E-state index contributed by atoms with van der Waals surface area (Å²) in [6.07, 6.45) is 2.33. The third-order valence-electron chi connectivity index (χ3n) is 3.98. The Morgan fingerprint density at radius 3 is 2.68 bits per heavy atom. The van der Waals surface area contributed by atoms with Crippen molar-refractivity contribution in [3.63, 3.8) is 0 Å². The lowest BCUT2D eigenvalue weighted by Crippen LogP contribution is -2.42. The third kappa shape index (κ3) is 4.09. The predicted molar refractivity (Wildman–Crippen MR) is 89.8 cm³/mol. The van der Waals surface area contributed by atoms with Crippen molar-refractivity contribution < 1.29 is 14.3 Å². The monoisotopic (exact) mass is 323 g/mol. The summed E-state index contributed by atoms with van der Waals surface area (Å²) >= 11 is 1.57. The number of rotatable bonds is 5. The van der Waals surface area contributed by atoms with Gasteiger partial charge < -0.3 is 14.4 Å². The largest absolute Gasteiger partial charge is 0.493 e. The first-order chi connectivity index (χ1) is 10.5. The standard InChI is InChI=1S/C17H25NO3S/c1-12-6-5-9-18(11-12)17(19)13(2)22-14-7-8-15(20-3)16(10-14)21-4/h7-8,10,12-13H,5-6,9,11H2,1-4H3/t12-,13-/m0/s1. The second-order valence-electron chi connectivity index (χ2n) is 5.81. The van der Waals surface area contributed by atoms with Crippen LogP contribution in [0.3, 0.4) is 0 Å². The maximum atomic E-state index is 12.6. The number of hydrogen-bond donors (Lipinski definition) is 0. The van der Waals surface area contributed by atoms with Gasteiger partial charge in [0.05, 0.1) is 19.5 Å². The molecule has 1 amide bonds. The minimum Gasteiger partial charge on any atom is -0.493 e. The molecular weight excluding hydrogens is 298 g/mol. The van der Waals surface area contributed by atoms with Gasteiger partial charge in [0, 0.05) is 18.0 Å². The number of carbonyl (C=O) groups is 1. The molecule has 0 N–H and O–H groups in total. The molecule has 0 spiro atoms. The lowest BCUT2D eigenvalue weighted by atomic mass is 10.0. The van der Waals surface area contributed by atoms with E-state index in [9.17, 15) is 4.79 Å². The van der Waals surface area contributed by atoms with Crippen LogP contribution in [-0.2, 0) is 4.79 Å². The summed E-state index contributed by atoms with van der Waals surface area (Å²) in [5, 5.41) is -0.0941. The summed E-state index contributed by atoms with van der Waals surface area (Å²) in [4.78, 5) is 15.6. The van der Waals surface area contributed by atoms with Crippen molar-refractivity contribution in [2.75, 3.05) is 27.3 Å². The first-order valence-electron chi connectivity index (χ1n) is 7.72. The number of hydrogen-bond acceptors (Lipinski definition) is 4. The minimum absolute atomic E-state index is 0.0941. The molecule has 1 fully saturated rings. The van der Waals surface area contributed by atoms with E-state index in [1.807, 2.05) is 30.0 Å². The van der Waals surface area contributed by atoms with E-state index in [1.54, 1.807) is 26.0 Å². The zero-order valence-electron chi connectivity index (χ0n) is 13.8. The number of carbonyl (C=O) groups excluding carboxylic acids is 1. The maximum Gasteiger partial charge on any atom is 0.235 e. The zero-order chi connectivity index (χ0) is 16.1. The van der Waals surface area contributed by atoms with Crippen LogP contribution in [0, 0.1) is 5.92 Å². The number of piperidine rings is 1. The molecule has 0 aliphatic carbocycles. The van der Waals surface area contributed by atoms with E-state index in [0.717, 1.165) is 24.4 Å². The van der Waals surface area contributed by atoms with Crippen LogP contribution in [0.25, 0.3) is 0 Å². The van der Waals surface area contributed by atoms with Gasteiger partial charge in [0.25, 0.3) is 0 Å². The van der Waals surface area contributed by atoms with Gasteiger partial charge in [-0.25, -0.2) is 0 Å². The molecule has 1 aliphatic heterocycles. The Bertz CT molecular complexity index is 521. The summed E-state index contributed by atoms with van der Waals surface area (Å²) in [5.74, 6) is 2.23. The van der Waals surface area contributed by atoms with Gasteiger partial charge in [-0.1, -0.05) is 6.92 Å². The van der Waals surface area contributed by atoms with Crippen LogP contribution in [0.1, 0.15) is 26.7 Å². The summed E-state index contributed by atoms with van der Waals surface area (Å²) in [5.41, 5.74) is 0. The van der Waals surface area contributed by atoms with Crippen LogP contribution in [0.4, 0.5) is 0 Å². The number of amides is 1. The lowest BCUT2D eigenvalue weighted by molar-refractivity contribution is -0.131. The van der Waals surface area contributed by atoms with Crippen LogP contribution in [-0.4, -0.2) is 43.4 Å². The van der Waals surface area contributed by atoms with Crippen molar-refractivity contribution in [3.05, 3.63) is 18.2 Å². The minimum atomic E-state index is -0.0941. The van der Waals surface area contributed by atoms with E-state index >= 15 is 0 Å². The summed E-state index contributed by atoms with van der Waals surface area (Å²) in [6.45, 7) is 5.96. The summed E-state index contributed by atoms with van der Waals surface area (Å²) in [7, 11) is 3.24. The van der Waals surface area contributed by atoms with Crippen molar-refractivity contribution in [1.82, 2.24) is 4.90 Å². The Morgan fingerprint density at radius 2 is 2.05 bits per heavy atom. The highest BCUT2D eigenvalue weighted by Gasteiger charge is 2.25. The van der Waals surface area contributed by atoms with E-state index in [2.05, 4.69) is 6.92 Å². The fourth-order valence-electron chi connectivity index (χ4n) is 2.79. The van der Waals surface area contributed by atoms with Crippen LogP contribution in [0.15, 0.2) is 23.1 Å². The van der Waals surface area contributed by atoms with E-state index in [4.69, 9.17) is 9.47 Å². The second-order valence-corrected chi connectivity index (χ2v) is 7.22. The SMILES string of the molecule is COc1ccc(S[C@@H](C)C(=O)N2CCC[C@H](C)C2)cc1OC. The molecule has 22 heavy (non-hydrogen) atoms. The molecule has 0 bridgehead atoms. The molecule has 2 rings (SSSR count). The third-order valence-corrected chi connectivity index (χ3v) is 5.07. The van der Waals surface area contributed by atoms with E-state index in [-0.39, 0.29) is 11.2 Å². The highest BCUT2D eigenvalue weighted by atomic mass is 32.2. The van der Waals surface area contributed by atoms with E-state index < -0.39 is 0 Å². The highest BCUT2D eigenvalue weighted by Crippen LogP contribution is 2.34. The summed E-state index contributed by atoms with van der Waals surface area (Å²) in [6, 6.07) is 5.77. The van der Waals surface area contributed by atoms with Gasteiger partial charge >= 0.3 is 0 Å². The summed E-state index contributed by atoms with van der Waals surface area (Å²) < 4.78 is 10.6. The van der Waals surface area contributed by atoms with Gasteiger partial charge in [0.1, 0.15) is 0 Å². The number of thioether (sulfide) groups is 1. The number of nitrogens with zero attached hydrogens (tertiary/aromatic N) is 1. The van der Waals surface area contributed by atoms with Crippen molar-refractivity contribution in [2.45, 2.75) is 36.8 Å². The molecule has 1 aromatic carbocycles. The van der Waals surface area contributed by atoms with Gasteiger partial charge in [-0.05, 0) is 43.9 Å². The number of benzene rings is 1. The Hall–Kier alpha value is -1.36. The van der Waals surface area contributed by atoms with Crippen molar-refractivity contribution >= 4 is 17.7 Å². The van der Waals surface area contributed by atoms with Crippen LogP contribution >= 0.6 is 11.8 Å². The van der Waals surface area contributed by atoms with E-state index in [0.29, 0.717) is 17.4 Å². The fraction of sp³-hybridized carbons (Fsp3) is 0.588. The number of methoxy groups -OCH3 is 2. The van der Waals surface area contributed by atoms with Crippen LogP contribution in [0.2, 0.25) is 0 Å². The lowest BCUT2D eigenvalue weighted by Gasteiger charge is -2.32. The average Bonchev–Trinajstić information content (AvgIpc) is 2.53. The molecule has 0 unspecified atom stereocenters. The Kier molecular flexibility index (Phi) is 6.00. The zero-order valence-corrected chi connectivity index (χ0v) is 14.6. The van der Waals surface area contributed by atoms with Gasteiger partial charge in [0.2, 0.25) is 5.91 Å². The topological polar surface area (TPSA) is 38.8 Å².